The van der Waals surface area contributed by atoms with E-state index in [1.165, 1.54) is 11.1 Å². The Morgan fingerprint density at radius 3 is 2.42 bits per heavy atom. The molecule has 1 aromatic heterocycles. The lowest BCUT2D eigenvalue weighted by Crippen LogP contribution is -2.33. The summed E-state index contributed by atoms with van der Waals surface area (Å²) >= 11 is 2.98. The summed E-state index contributed by atoms with van der Waals surface area (Å²) in [5, 5.41) is 10.1. The SMILES string of the molecule is O=c1[nH]c(=O)n([C@H]2CC(O)[C@@H](COP(=O)(O)OP(=O)(O)OP(=O)(O)O)O2)cc1/C=C/Br. The van der Waals surface area contributed by atoms with Crippen molar-refractivity contribution in [2.45, 2.75) is 24.9 Å². The summed E-state index contributed by atoms with van der Waals surface area (Å²) in [6, 6.07) is 0. The van der Waals surface area contributed by atoms with Crippen LogP contribution in [0.25, 0.3) is 6.08 Å². The fourth-order valence-electron chi connectivity index (χ4n) is 2.41. The molecule has 1 fully saturated rings. The van der Waals surface area contributed by atoms with Crippen molar-refractivity contribution in [3.63, 3.8) is 0 Å². The highest BCUT2D eigenvalue weighted by molar-refractivity contribution is 9.11. The maximum absolute atomic E-state index is 12.0. The van der Waals surface area contributed by atoms with E-state index in [1.807, 2.05) is 4.98 Å². The third-order valence-corrected chi connectivity index (χ3v) is 7.64. The molecule has 2 heterocycles. The van der Waals surface area contributed by atoms with Crippen molar-refractivity contribution in [2.75, 3.05) is 6.61 Å². The number of aromatic amines is 1. The van der Waals surface area contributed by atoms with Crippen molar-refractivity contribution in [3.05, 3.63) is 37.6 Å². The van der Waals surface area contributed by atoms with Crippen LogP contribution < -0.4 is 11.2 Å². The second-order valence-electron chi connectivity index (χ2n) is 5.86. The number of halogens is 1. The number of aliphatic hydroxyl groups is 1. The number of H-pyrrole nitrogens is 1. The molecule has 0 spiro atoms. The smallest absolute Gasteiger partial charge is 0.390 e. The Morgan fingerprint density at radius 2 is 1.84 bits per heavy atom. The molecule has 1 saturated heterocycles. The lowest BCUT2D eigenvalue weighted by atomic mass is 10.2. The second-order valence-corrected chi connectivity index (χ2v) is 10.8. The van der Waals surface area contributed by atoms with Gasteiger partial charge in [0.2, 0.25) is 0 Å². The van der Waals surface area contributed by atoms with Crippen molar-refractivity contribution in [2.24, 2.45) is 0 Å². The lowest BCUT2D eigenvalue weighted by molar-refractivity contribution is -0.0450. The lowest BCUT2D eigenvalue weighted by Gasteiger charge is -2.19. The molecule has 0 aromatic carbocycles. The van der Waals surface area contributed by atoms with Crippen molar-refractivity contribution in [1.82, 2.24) is 9.55 Å². The first-order valence-electron chi connectivity index (χ1n) is 7.86. The van der Waals surface area contributed by atoms with Crippen LogP contribution in [-0.4, -0.2) is 53.0 Å². The number of hydrogen-bond acceptors (Lipinski definition) is 10. The third kappa shape index (κ3) is 7.94. The van der Waals surface area contributed by atoms with Crippen LogP contribution in [0.3, 0.4) is 0 Å². The Morgan fingerprint density at radius 1 is 1.19 bits per heavy atom. The van der Waals surface area contributed by atoms with Crippen LogP contribution in [0, 0.1) is 0 Å². The number of rotatable bonds is 9. The van der Waals surface area contributed by atoms with E-state index in [1.54, 1.807) is 0 Å². The van der Waals surface area contributed by atoms with Gasteiger partial charge in [0.25, 0.3) is 5.56 Å². The van der Waals surface area contributed by atoms with Gasteiger partial charge in [-0.2, -0.15) is 8.62 Å². The van der Waals surface area contributed by atoms with E-state index in [4.69, 9.17) is 19.4 Å². The fourth-order valence-corrected chi connectivity index (χ4v) is 5.72. The van der Waals surface area contributed by atoms with Crippen LogP contribution in [0.1, 0.15) is 18.2 Å². The molecule has 176 valence electrons. The summed E-state index contributed by atoms with van der Waals surface area (Å²) in [7, 11) is -16.6. The predicted molar refractivity (Wildman–Crippen MR) is 104 cm³/mol. The minimum absolute atomic E-state index is 0.0753. The summed E-state index contributed by atoms with van der Waals surface area (Å²) in [5.41, 5.74) is -1.46. The first-order valence-corrected chi connectivity index (χ1v) is 13.3. The second kappa shape index (κ2) is 10.0. The number of ether oxygens (including phenoxy) is 1. The zero-order valence-corrected chi connectivity index (χ0v) is 19.2. The molecular formula is C11H16BrN2O14P3. The highest BCUT2D eigenvalue weighted by atomic mass is 79.9. The monoisotopic (exact) mass is 572 g/mol. The first-order chi connectivity index (χ1) is 14.1. The molecule has 20 heteroatoms. The minimum Gasteiger partial charge on any atom is -0.390 e. The first kappa shape index (κ1) is 26.5. The van der Waals surface area contributed by atoms with E-state index in [0.717, 1.165) is 10.8 Å². The molecule has 6 N–H and O–H groups in total. The number of nitrogens with one attached hydrogen (secondary N) is 1. The normalized spacial score (nSPS) is 26.1. The summed E-state index contributed by atoms with van der Waals surface area (Å²) in [4.78, 5) is 62.6. The molecule has 0 radical (unpaired) electrons. The van der Waals surface area contributed by atoms with Crippen molar-refractivity contribution >= 4 is 45.5 Å². The van der Waals surface area contributed by atoms with Gasteiger partial charge >= 0.3 is 29.2 Å². The van der Waals surface area contributed by atoms with Crippen LogP contribution >= 0.6 is 39.4 Å². The van der Waals surface area contributed by atoms with Gasteiger partial charge in [-0.15, -0.1) is 0 Å². The Labute approximate surface area is 180 Å². The van der Waals surface area contributed by atoms with Crippen LogP contribution in [0.2, 0.25) is 0 Å². The van der Waals surface area contributed by atoms with E-state index >= 15 is 0 Å². The molecule has 0 bridgehead atoms. The minimum atomic E-state index is -5.69. The van der Waals surface area contributed by atoms with Gasteiger partial charge in [-0.3, -0.25) is 18.9 Å². The summed E-state index contributed by atoms with van der Waals surface area (Å²) in [5.74, 6) is 0. The molecule has 31 heavy (non-hydrogen) atoms. The summed E-state index contributed by atoms with van der Waals surface area (Å²) < 4.78 is 51.5. The van der Waals surface area contributed by atoms with E-state index < -0.39 is 59.8 Å². The Bertz CT molecular complexity index is 1090. The van der Waals surface area contributed by atoms with Gasteiger partial charge in [0.05, 0.1) is 18.3 Å². The average molecular weight is 573 g/mol. The Balaban J connectivity index is 2.07. The van der Waals surface area contributed by atoms with E-state index in [0.29, 0.717) is 0 Å². The molecule has 1 aromatic rings. The highest BCUT2D eigenvalue weighted by Gasteiger charge is 2.42. The number of nitrogens with zero attached hydrogens (tertiary/aromatic N) is 1. The fraction of sp³-hybridized carbons (Fsp3) is 0.455. The number of phosphoric acid groups is 3. The molecule has 0 amide bonds. The Kier molecular flexibility index (Phi) is 8.55. The molecule has 0 saturated carbocycles. The summed E-state index contributed by atoms with van der Waals surface area (Å²) in [6.45, 7) is -0.895. The molecule has 1 aliphatic rings. The van der Waals surface area contributed by atoms with Crippen LogP contribution in [0.5, 0.6) is 0 Å². The molecule has 2 rings (SSSR count). The van der Waals surface area contributed by atoms with Gasteiger partial charge in [0.15, 0.2) is 0 Å². The molecule has 16 nitrogen and oxygen atoms in total. The maximum atomic E-state index is 12.0. The highest BCUT2D eigenvalue weighted by Crippen LogP contribution is 2.66. The topological polar surface area (TPSA) is 244 Å². The van der Waals surface area contributed by atoms with E-state index in [-0.39, 0.29) is 12.0 Å². The molecule has 0 aliphatic carbocycles. The molecule has 5 atom stereocenters. The molecule has 3 unspecified atom stereocenters. The van der Waals surface area contributed by atoms with Crippen molar-refractivity contribution in [1.29, 1.82) is 0 Å². The van der Waals surface area contributed by atoms with Gasteiger partial charge < -0.3 is 29.4 Å². The average Bonchev–Trinajstić information content (AvgIpc) is 2.93. The standard InChI is InChI=1S/C11H16BrN2O14P3/c12-2-1-6-4-14(11(17)13-10(6)16)9-3-7(15)8(26-9)5-25-30(21,22)28-31(23,24)27-29(18,19)20/h1-2,4,7-9,15H,3,5H2,(H,21,22)(H,23,24)(H,13,16,17)(H2,18,19,20)/b2-1+/t7?,8-,9-/m1/s1. The number of aliphatic hydroxyl groups excluding tert-OH is 1. The van der Waals surface area contributed by atoms with Gasteiger partial charge in [0, 0.05) is 12.6 Å². The van der Waals surface area contributed by atoms with Gasteiger partial charge in [-0.05, 0) is 11.1 Å². The zero-order chi connectivity index (χ0) is 23.6. The number of phosphoric ester groups is 1. The van der Waals surface area contributed by atoms with Crippen LogP contribution in [-0.2, 0) is 31.6 Å². The zero-order valence-electron chi connectivity index (χ0n) is 15.0. The van der Waals surface area contributed by atoms with Gasteiger partial charge in [0.1, 0.15) is 12.3 Å². The molecule has 1 aliphatic heterocycles. The third-order valence-electron chi connectivity index (χ3n) is 3.57. The number of hydrogen-bond donors (Lipinski definition) is 6. The van der Waals surface area contributed by atoms with E-state index in [9.17, 15) is 33.3 Å². The van der Waals surface area contributed by atoms with Crippen LogP contribution in [0.15, 0.2) is 20.8 Å². The number of aromatic nitrogens is 2. The Hall–Kier alpha value is -0.770. The maximum Gasteiger partial charge on any atom is 0.490 e. The van der Waals surface area contributed by atoms with Crippen LogP contribution in [0.4, 0.5) is 0 Å². The predicted octanol–water partition coefficient (Wildman–Crippen LogP) is -0.106. The largest absolute Gasteiger partial charge is 0.490 e. The van der Waals surface area contributed by atoms with Gasteiger partial charge in [-0.25, -0.2) is 18.5 Å². The quantitative estimate of drug-likeness (QED) is 0.211. The van der Waals surface area contributed by atoms with Crippen molar-refractivity contribution in [3.8, 4) is 0 Å². The molecular weight excluding hydrogens is 557 g/mol. The summed E-state index contributed by atoms with van der Waals surface area (Å²) in [6.07, 6.45) is -1.49. The van der Waals surface area contributed by atoms with E-state index in [2.05, 4.69) is 29.1 Å². The van der Waals surface area contributed by atoms with Gasteiger partial charge in [-0.1, -0.05) is 15.9 Å². The van der Waals surface area contributed by atoms with Crippen molar-refractivity contribution < 1.29 is 56.3 Å².